The van der Waals surface area contributed by atoms with Crippen LogP contribution in [0.3, 0.4) is 0 Å². The highest BCUT2D eigenvalue weighted by Gasteiger charge is 2.45. The first kappa shape index (κ1) is 24.1. The van der Waals surface area contributed by atoms with Crippen molar-refractivity contribution in [2.75, 3.05) is 19.9 Å². The van der Waals surface area contributed by atoms with Crippen molar-refractivity contribution in [3.8, 4) is 11.4 Å². The van der Waals surface area contributed by atoms with Gasteiger partial charge in [-0.25, -0.2) is 9.78 Å². The summed E-state index contributed by atoms with van der Waals surface area (Å²) in [5.41, 5.74) is 7.81. The summed E-state index contributed by atoms with van der Waals surface area (Å²) in [6.07, 6.45) is 1.47. The summed E-state index contributed by atoms with van der Waals surface area (Å²) in [6.45, 7) is 2.31. The third kappa shape index (κ3) is 3.87. The minimum atomic E-state index is -1.86. The molecule has 0 unspecified atom stereocenters. The number of fused-ring (bicyclic) bond motifs is 5. The van der Waals surface area contributed by atoms with Gasteiger partial charge in [-0.3, -0.25) is 9.59 Å². The van der Waals surface area contributed by atoms with E-state index in [1.54, 1.807) is 17.6 Å². The number of amides is 1. The van der Waals surface area contributed by atoms with Gasteiger partial charge in [0.25, 0.3) is 5.56 Å². The van der Waals surface area contributed by atoms with E-state index in [0.29, 0.717) is 48.5 Å². The quantitative estimate of drug-likeness (QED) is 0.188. The second-order valence-electron chi connectivity index (χ2n) is 9.00. The lowest BCUT2D eigenvalue weighted by Crippen LogP contribution is -2.44. The van der Waals surface area contributed by atoms with Gasteiger partial charge in [0.1, 0.15) is 13.3 Å². The number of benzene rings is 1. The minimum absolute atomic E-state index is 0.0855. The van der Waals surface area contributed by atoms with Crippen LogP contribution in [0.2, 0.25) is 0 Å². The molecule has 36 heavy (non-hydrogen) atoms. The Morgan fingerprint density at radius 2 is 2.11 bits per heavy atom. The number of nitrogens with two attached hydrogens (primary N) is 1. The molecule has 188 valence electrons. The summed E-state index contributed by atoms with van der Waals surface area (Å²) < 4.78 is 12.3. The fourth-order valence-corrected chi connectivity index (χ4v) is 5.03. The van der Waals surface area contributed by atoms with Gasteiger partial charge in [-0.2, -0.15) is 0 Å². The molecule has 10 nitrogen and oxygen atoms in total. The summed E-state index contributed by atoms with van der Waals surface area (Å²) in [6, 6.07) is 9.53. The maximum Gasteiger partial charge on any atom is 0.343 e. The third-order valence-electron chi connectivity index (χ3n) is 6.99. The number of para-hydroxylation sites is 1. The van der Waals surface area contributed by atoms with E-state index in [0.717, 1.165) is 22.0 Å². The van der Waals surface area contributed by atoms with Crippen molar-refractivity contribution in [1.29, 1.82) is 0 Å². The number of aliphatic hydroxyl groups is 1. The molecule has 5 rings (SSSR count). The fourth-order valence-electron chi connectivity index (χ4n) is 5.03. The maximum absolute atomic E-state index is 13.5. The molecule has 0 saturated carbocycles. The average Bonchev–Trinajstić information content (AvgIpc) is 3.26. The maximum atomic E-state index is 13.5. The molecule has 0 radical (unpaired) electrons. The predicted molar refractivity (Wildman–Crippen MR) is 131 cm³/mol. The minimum Gasteiger partial charge on any atom is -0.458 e. The van der Waals surface area contributed by atoms with Crippen LogP contribution in [-0.2, 0) is 44.2 Å². The lowest BCUT2D eigenvalue weighted by atomic mass is 9.86. The molecule has 0 saturated heterocycles. The van der Waals surface area contributed by atoms with Crippen LogP contribution in [0.1, 0.15) is 42.0 Å². The number of carbonyl (C=O) groups is 2. The Labute approximate surface area is 207 Å². The molecule has 2 aliphatic rings. The second-order valence-corrected chi connectivity index (χ2v) is 9.00. The molecule has 1 atom stereocenters. The van der Waals surface area contributed by atoms with Crippen molar-refractivity contribution in [3.63, 3.8) is 0 Å². The Balaban J connectivity index is 1.52. The van der Waals surface area contributed by atoms with E-state index in [1.165, 1.54) is 0 Å². The van der Waals surface area contributed by atoms with E-state index in [4.69, 9.17) is 20.2 Å². The molecule has 1 aromatic carbocycles. The molecule has 4 heterocycles. The van der Waals surface area contributed by atoms with E-state index >= 15 is 0 Å². The topological polar surface area (TPSA) is 146 Å². The number of nitrogens with zero attached hydrogens (tertiary/aromatic N) is 2. The number of rotatable bonds is 8. The molecule has 2 aliphatic heterocycles. The van der Waals surface area contributed by atoms with Crippen molar-refractivity contribution in [2.24, 2.45) is 5.73 Å². The lowest BCUT2D eigenvalue weighted by molar-refractivity contribution is -0.172. The number of nitrogens with one attached hydrogen (secondary N) is 1. The summed E-state index contributed by atoms with van der Waals surface area (Å²) in [5.74, 6) is -1.02. The largest absolute Gasteiger partial charge is 0.458 e. The molecule has 0 spiro atoms. The van der Waals surface area contributed by atoms with Crippen molar-refractivity contribution in [1.82, 2.24) is 14.9 Å². The van der Waals surface area contributed by atoms with E-state index in [2.05, 4.69) is 5.32 Å². The molecule has 4 N–H and O–H groups in total. The number of hydrogen-bond acceptors (Lipinski definition) is 8. The number of esters is 1. The number of hydrogen-bond donors (Lipinski definition) is 3. The molecule has 10 heteroatoms. The molecule has 0 fully saturated rings. The number of carbonyl (C=O) groups excluding carboxylic acids is 2. The van der Waals surface area contributed by atoms with Crippen molar-refractivity contribution >= 4 is 22.8 Å². The number of cyclic esters (lactones) is 1. The summed E-state index contributed by atoms with van der Waals surface area (Å²) in [7, 11) is 0. The van der Waals surface area contributed by atoms with E-state index in [9.17, 15) is 19.5 Å². The standard InChI is InChI=1S/C26H28N4O6/c1-2-26(34)19-10-21-23-17(12-30(21)24(32)18(19)13-36-25(26)33)15(16-6-3-4-8-20(16)29-23)7-5-9-35-14-28-22(31)11-27/h3-4,6,8,10,34H,2,5,7,9,11-14,27H2,1H3,(H,28,31)/t26-/m0/s1. The predicted octanol–water partition coefficient (Wildman–Crippen LogP) is 1.06. The summed E-state index contributed by atoms with van der Waals surface area (Å²) in [5, 5.41) is 14.7. The highest BCUT2D eigenvalue weighted by molar-refractivity contribution is 5.89. The normalized spacial score (nSPS) is 17.9. The van der Waals surface area contributed by atoms with Crippen LogP contribution in [0.25, 0.3) is 22.3 Å². The molecule has 0 aliphatic carbocycles. The Hall–Kier alpha value is -3.60. The van der Waals surface area contributed by atoms with Crippen molar-refractivity contribution in [3.05, 3.63) is 62.9 Å². The first-order chi connectivity index (χ1) is 17.4. The lowest BCUT2D eigenvalue weighted by Gasteiger charge is -2.31. The van der Waals surface area contributed by atoms with Crippen LogP contribution in [0.4, 0.5) is 0 Å². The second kappa shape index (κ2) is 9.45. The van der Waals surface area contributed by atoms with Crippen molar-refractivity contribution in [2.45, 2.75) is 44.9 Å². The van der Waals surface area contributed by atoms with Crippen LogP contribution in [0.5, 0.6) is 0 Å². The monoisotopic (exact) mass is 492 g/mol. The Kier molecular flexibility index (Phi) is 6.33. The van der Waals surface area contributed by atoms with Gasteiger partial charge in [-0.05, 0) is 37.0 Å². The fraction of sp³-hybridized carbons (Fsp3) is 0.385. The van der Waals surface area contributed by atoms with Crippen LogP contribution in [-0.4, -0.2) is 46.4 Å². The zero-order valence-corrected chi connectivity index (χ0v) is 20.0. The number of aromatic nitrogens is 2. The van der Waals surface area contributed by atoms with E-state index in [-0.39, 0.29) is 37.8 Å². The van der Waals surface area contributed by atoms with Gasteiger partial charge >= 0.3 is 5.97 Å². The van der Waals surface area contributed by atoms with Gasteiger partial charge in [-0.1, -0.05) is 25.1 Å². The number of pyridine rings is 2. The molecule has 2 aromatic heterocycles. The first-order valence-electron chi connectivity index (χ1n) is 12.0. The van der Waals surface area contributed by atoms with Gasteiger partial charge in [0.15, 0.2) is 5.60 Å². The molecule has 3 aromatic rings. The molecule has 0 bridgehead atoms. The molecular weight excluding hydrogens is 464 g/mol. The summed E-state index contributed by atoms with van der Waals surface area (Å²) in [4.78, 5) is 42.0. The highest BCUT2D eigenvalue weighted by atomic mass is 16.6. The van der Waals surface area contributed by atoms with E-state index in [1.807, 2.05) is 24.3 Å². The smallest absolute Gasteiger partial charge is 0.343 e. The SMILES string of the molecule is CC[C@@]1(O)C(=O)OCc2c1cc1n(c2=O)Cc2c-1nc1ccccc1c2CCCOCNC(=O)CN. The Morgan fingerprint density at radius 1 is 1.31 bits per heavy atom. The molecular formula is C26H28N4O6. The number of aryl methyl sites for hydroxylation is 1. The van der Waals surface area contributed by atoms with Gasteiger partial charge in [0.05, 0.1) is 35.6 Å². The van der Waals surface area contributed by atoms with Crippen LogP contribution in [0.15, 0.2) is 35.1 Å². The van der Waals surface area contributed by atoms with Gasteiger partial charge in [0.2, 0.25) is 5.91 Å². The van der Waals surface area contributed by atoms with E-state index < -0.39 is 11.6 Å². The first-order valence-corrected chi connectivity index (χ1v) is 12.0. The highest BCUT2D eigenvalue weighted by Crippen LogP contribution is 2.40. The average molecular weight is 493 g/mol. The van der Waals surface area contributed by atoms with Crippen LogP contribution >= 0.6 is 0 Å². The van der Waals surface area contributed by atoms with Crippen LogP contribution < -0.4 is 16.6 Å². The Bertz CT molecular complexity index is 1430. The van der Waals surface area contributed by atoms with Gasteiger partial charge in [0, 0.05) is 23.1 Å². The van der Waals surface area contributed by atoms with Crippen molar-refractivity contribution < 1.29 is 24.2 Å². The Morgan fingerprint density at radius 3 is 2.89 bits per heavy atom. The zero-order valence-electron chi connectivity index (χ0n) is 20.0. The van der Waals surface area contributed by atoms with Crippen LogP contribution in [0, 0.1) is 0 Å². The zero-order chi connectivity index (χ0) is 25.4. The third-order valence-corrected chi connectivity index (χ3v) is 6.99. The van der Waals surface area contributed by atoms with Gasteiger partial charge in [-0.15, -0.1) is 0 Å². The van der Waals surface area contributed by atoms with Gasteiger partial charge < -0.3 is 30.2 Å². The summed E-state index contributed by atoms with van der Waals surface area (Å²) >= 11 is 0. The molecule has 1 amide bonds. The number of ether oxygens (including phenoxy) is 2.